The quantitative estimate of drug-likeness (QED) is 0.838. The van der Waals surface area contributed by atoms with Crippen molar-refractivity contribution in [2.45, 2.75) is 6.54 Å². The van der Waals surface area contributed by atoms with E-state index in [0.717, 1.165) is 4.47 Å². The van der Waals surface area contributed by atoms with Crippen molar-refractivity contribution >= 4 is 27.3 Å². The Morgan fingerprint density at radius 1 is 1.64 bits per heavy atom. The molecule has 0 radical (unpaired) electrons. The SMILES string of the molecule is N#Cc1ncn(Cc2sccc2Br)n1. The van der Waals surface area contributed by atoms with Crippen LogP contribution >= 0.6 is 27.3 Å². The summed E-state index contributed by atoms with van der Waals surface area (Å²) in [4.78, 5) is 4.99. The molecule has 0 saturated carbocycles. The molecule has 2 aromatic heterocycles. The third-order valence-corrected chi connectivity index (χ3v) is 3.54. The van der Waals surface area contributed by atoms with E-state index in [-0.39, 0.29) is 5.82 Å². The van der Waals surface area contributed by atoms with Crippen LogP contribution in [0.1, 0.15) is 10.7 Å². The van der Waals surface area contributed by atoms with Gasteiger partial charge < -0.3 is 0 Å². The van der Waals surface area contributed by atoms with Gasteiger partial charge in [-0.2, -0.15) is 5.26 Å². The lowest BCUT2D eigenvalue weighted by Crippen LogP contribution is -1.99. The summed E-state index contributed by atoms with van der Waals surface area (Å²) in [5.41, 5.74) is 0. The summed E-state index contributed by atoms with van der Waals surface area (Å²) in [6.45, 7) is 0.646. The molecule has 6 heteroatoms. The van der Waals surface area contributed by atoms with Crippen molar-refractivity contribution < 1.29 is 0 Å². The molecule has 0 aliphatic rings. The van der Waals surface area contributed by atoms with Crippen molar-refractivity contribution in [3.05, 3.63) is 32.9 Å². The van der Waals surface area contributed by atoms with Crippen molar-refractivity contribution in [3.8, 4) is 6.07 Å². The van der Waals surface area contributed by atoms with E-state index in [1.165, 1.54) is 4.88 Å². The van der Waals surface area contributed by atoms with Gasteiger partial charge in [-0.15, -0.1) is 16.4 Å². The van der Waals surface area contributed by atoms with E-state index in [0.29, 0.717) is 6.54 Å². The van der Waals surface area contributed by atoms with Gasteiger partial charge in [0, 0.05) is 9.35 Å². The first-order valence-electron chi connectivity index (χ1n) is 3.81. The predicted molar refractivity (Wildman–Crippen MR) is 55.9 cm³/mol. The Labute approximate surface area is 92.9 Å². The number of rotatable bonds is 2. The zero-order valence-electron chi connectivity index (χ0n) is 7.01. The fourth-order valence-electron chi connectivity index (χ4n) is 1.01. The molecule has 2 heterocycles. The smallest absolute Gasteiger partial charge is 0.246 e. The monoisotopic (exact) mass is 268 g/mol. The third-order valence-electron chi connectivity index (χ3n) is 1.63. The first-order chi connectivity index (χ1) is 6.79. The van der Waals surface area contributed by atoms with Crippen LogP contribution in [0.4, 0.5) is 0 Å². The van der Waals surface area contributed by atoms with Crippen LogP contribution in [0.5, 0.6) is 0 Å². The van der Waals surface area contributed by atoms with Crippen LogP contribution in [-0.2, 0) is 6.54 Å². The zero-order chi connectivity index (χ0) is 9.97. The molecule has 0 saturated heterocycles. The number of hydrogen-bond acceptors (Lipinski definition) is 4. The van der Waals surface area contributed by atoms with E-state index in [4.69, 9.17) is 5.26 Å². The summed E-state index contributed by atoms with van der Waals surface area (Å²) < 4.78 is 2.71. The highest BCUT2D eigenvalue weighted by Gasteiger charge is 2.04. The molecule has 0 bridgehead atoms. The van der Waals surface area contributed by atoms with Gasteiger partial charge in [0.15, 0.2) is 0 Å². The Morgan fingerprint density at radius 2 is 2.50 bits per heavy atom. The van der Waals surface area contributed by atoms with E-state index in [2.05, 4.69) is 26.0 Å². The highest BCUT2D eigenvalue weighted by atomic mass is 79.9. The number of thiophene rings is 1. The van der Waals surface area contributed by atoms with E-state index in [1.54, 1.807) is 22.3 Å². The molecular formula is C8H5BrN4S. The summed E-state index contributed by atoms with van der Waals surface area (Å²) in [5.74, 6) is 0.206. The molecule has 0 fully saturated rings. The second kappa shape index (κ2) is 3.90. The van der Waals surface area contributed by atoms with Crippen LogP contribution in [0.25, 0.3) is 0 Å². The van der Waals surface area contributed by atoms with Gasteiger partial charge in [0.2, 0.25) is 0 Å². The first-order valence-corrected chi connectivity index (χ1v) is 5.48. The molecule has 2 aromatic rings. The standard InChI is InChI=1S/C8H5BrN4S/c9-6-1-2-14-7(6)4-13-5-11-8(3-10)12-13/h1-2,5H,4H2. The Hall–Kier alpha value is -1.19. The van der Waals surface area contributed by atoms with Gasteiger partial charge in [-0.25, -0.2) is 9.67 Å². The van der Waals surface area contributed by atoms with Gasteiger partial charge in [-0.3, -0.25) is 0 Å². The lowest BCUT2D eigenvalue weighted by atomic mass is 10.5. The molecule has 4 nitrogen and oxygen atoms in total. The molecule has 2 rings (SSSR count). The van der Waals surface area contributed by atoms with E-state index < -0.39 is 0 Å². The van der Waals surface area contributed by atoms with Gasteiger partial charge in [0.05, 0.1) is 6.54 Å². The van der Waals surface area contributed by atoms with Crippen LogP contribution in [0.3, 0.4) is 0 Å². The largest absolute Gasteiger partial charge is 0.252 e. The average molecular weight is 269 g/mol. The third kappa shape index (κ3) is 1.84. The summed E-state index contributed by atoms with van der Waals surface area (Å²) in [6, 6.07) is 3.88. The maximum absolute atomic E-state index is 8.54. The van der Waals surface area contributed by atoms with Crippen molar-refractivity contribution in [2.75, 3.05) is 0 Å². The molecule has 0 aliphatic carbocycles. The van der Waals surface area contributed by atoms with Crippen molar-refractivity contribution in [1.29, 1.82) is 5.26 Å². The minimum atomic E-state index is 0.206. The maximum atomic E-state index is 8.54. The summed E-state index contributed by atoms with van der Waals surface area (Å²) in [7, 11) is 0. The van der Waals surface area contributed by atoms with E-state index in [9.17, 15) is 0 Å². The molecule has 0 aromatic carbocycles. The van der Waals surface area contributed by atoms with Gasteiger partial charge in [0.1, 0.15) is 12.4 Å². The fourth-order valence-corrected chi connectivity index (χ4v) is 2.48. The number of aromatic nitrogens is 3. The van der Waals surface area contributed by atoms with Crippen molar-refractivity contribution in [2.24, 2.45) is 0 Å². The molecule has 0 unspecified atom stereocenters. The van der Waals surface area contributed by atoms with Crippen molar-refractivity contribution in [1.82, 2.24) is 14.8 Å². The number of nitriles is 1. The fraction of sp³-hybridized carbons (Fsp3) is 0.125. The maximum Gasteiger partial charge on any atom is 0.252 e. The summed E-state index contributed by atoms with van der Waals surface area (Å²) in [6.07, 6.45) is 1.56. The molecule has 0 amide bonds. The lowest BCUT2D eigenvalue weighted by molar-refractivity contribution is 0.688. The van der Waals surface area contributed by atoms with Crippen LogP contribution in [0, 0.1) is 11.3 Å². The van der Waals surface area contributed by atoms with Gasteiger partial charge in [-0.1, -0.05) is 0 Å². The van der Waals surface area contributed by atoms with Crippen LogP contribution < -0.4 is 0 Å². The van der Waals surface area contributed by atoms with Crippen LogP contribution in [0.15, 0.2) is 22.2 Å². The Morgan fingerprint density at radius 3 is 3.07 bits per heavy atom. The Kier molecular flexibility index (Phi) is 2.61. The molecule has 0 spiro atoms. The van der Waals surface area contributed by atoms with E-state index >= 15 is 0 Å². The topological polar surface area (TPSA) is 54.5 Å². The van der Waals surface area contributed by atoms with Gasteiger partial charge in [-0.05, 0) is 27.4 Å². The van der Waals surface area contributed by atoms with E-state index in [1.807, 2.05) is 17.5 Å². The Bertz CT molecular complexity index is 481. The minimum Gasteiger partial charge on any atom is -0.246 e. The molecule has 14 heavy (non-hydrogen) atoms. The van der Waals surface area contributed by atoms with Gasteiger partial charge >= 0.3 is 0 Å². The zero-order valence-corrected chi connectivity index (χ0v) is 9.42. The predicted octanol–water partition coefficient (Wildman–Crippen LogP) is 2.02. The number of hydrogen-bond donors (Lipinski definition) is 0. The second-order valence-corrected chi connectivity index (χ2v) is 4.42. The van der Waals surface area contributed by atoms with Crippen molar-refractivity contribution in [3.63, 3.8) is 0 Å². The molecular weight excluding hydrogens is 264 g/mol. The molecule has 0 aliphatic heterocycles. The van der Waals surface area contributed by atoms with Crippen LogP contribution in [-0.4, -0.2) is 14.8 Å². The summed E-state index contributed by atoms with van der Waals surface area (Å²) in [5, 5.41) is 14.5. The van der Waals surface area contributed by atoms with Gasteiger partial charge in [0.25, 0.3) is 5.82 Å². The highest BCUT2D eigenvalue weighted by Crippen LogP contribution is 2.23. The first kappa shape index (κ1) is 9.37. The summed E-state index contributed by atoms with van der Waals surface area (Å²) >= 11 is 5.07. The van der Waals surface area contributed by atoms with Crippen LogP contribution in [0.2, 0.25) is 0 Å². The molecule has 70 valence electrons. The number of nitrogens with zero attached hydrogens (tertiary/aromatic N) is 4. The Balaban J connectivity index is 2.20. The minimum absolute atomic E-state index is 0.206. The average Bonchev–Trinajstić information content (AvgIpc) is 2.77. The second-order valence-electron chi connectivity index (χ2n) is 2.57. The highest BCUT2D eigenvalue weighted by molar-refractivity contribution is 9.10. The molecule has 0 N–H and O–H groups in total. The molecule has 0 atom stereocenters. The lowest BCUT2D eigenvalue weighted by Gasteiger charge is -1.96. The number of halogens is 1. The normalized spacial score (nSPS) is 10.0.